The van der Waals surface area contributed by atoms with Crippen LogP contribution < -0.4 is 56.9 Å². The van der Waals surface area contributed by atoms with Gasteiger partial charge in [-0.25, -0.2) is 24.9 Å². The number of carbonyl (C=O) groups is 3. The number of aromatic nitrogens is 9. The van der Waals surface area contributed by atoms with E-state index in [-0.39, 0.29) is 50.4 Å². The maximum Gasteiger partial charge on any atom is 0.318 e. The molecule has 6 aromatic heterocycles. The molecular weight excluding hydrogens is 1580 g/mol. The van der Waals surface area contributed by atoms with Crippen LogP contribution in [0, 0.1) is 11.8 Å². The molecule has 0 saturated carbocycles. The fourth-order valence-electron chi connectivity index (χ4n) is 14.7. The molecular formula is C98H162N22O6. The van der Waals surface area contributed by atoms with Gasteiger partial charge in [-0.15, -0.1) is 0 Å². The third-order valence-electron chi connectivity index (χ3n) is 23.3. The molecule has 7 aliphatic rings. The molecule has 13 heterocycles. The Hall–Kier alpha value is -8.86. The summed E-state index contributed by atoms with van der Waals surface area (Å²) in [5.74, 6) is 8.18. The number of piperidine rings is 3. The number of nitrogens with zero attached hydrogens (tertiary/aromatic N) is 14. The summed E-state index contributed by atoms with van der Waals surface area (Å²) in [4.78, 5) is 87.5. The van der Waals surface area contributed by atoms with E-state index in [0.717, 1.165) is 208 Å². The van der Waals surface area contributed by atoms with Gasteiger partial charge >= 0.3 is 6.01 Å². The lowest BCUT2D eigenvalue weighted by molar-refractivity contribution is -0.135. The quantitative estimate of drug-likeness (QED) is 0.0313. The molecule has 126 heavy (non-hydrogen) atoms. The van der Waals surface area contributed by atoms with Crippen molar-refractivity contribution >= 4 is 58.7 Å². The number of carbonyl (C=O) groups excluding carboxylic acids is 3. The first-order valence-corrected chi connectivity index (χ1v) is 46.9. The summed E-state index contributed by atoms with van der Waals surface area (Å²) >= 11 is 0. The summed E-state index contributed by atoms with van der Waals surface area (Å²) in [5.41, 5.74) is 7.31. The molecule has 8 N–H and O–H groups in total. The highest BCUT2D eigenvalue weighted by atomic mass is 16.5. The lowest BCUT2D eigenvalue weighted by atomic mass is 9.88. The second-order valence-corrected chi connectivity index (χ2v) is 42.1. The van der Waals surface area contributed by atoms with Gasteiger partial charge in [0.25, 0.3) is 0 Å². The van der Waals surface area contributed by atoms with Crippen LogP contribution in [0.4, 0.5) is 41.0 Å². The number of pyridine rings is 3. The third-order valence-corrected chi connectivity index (χ3v) is 23.3. The van der Waals surface area contributed by atoms with Crippen LogP contribution in [0.5, 0.6) is 11.9 Å². The van der Waals surface area contributed by atoms with Crippen LogP contribution >= 0.6 is 0 Å². The van der Waals surface area contributed by atoms with Crippen molar-refractivity contribution in [2.24, 2.45) is 11.8 Å². The fourth-order valence-corrected chi connectivity index (χ4v) is 14.7. The van der Waals surface area contributed by atoms with E-state index in [2.05, 4.69) is 282 Å². The molecule has 0 atom stereocenters. The topological polar surface area (TPSA) is 307 Å². The molecule has 0 spiro atoms. The molecule has 7 saturated heterocycles. The Balaban J connectivity index is 0.000000188. The van der Waals surface area contributed by atoms with Crippen molar-refractivity contribution in [1.29, 1.82) is 0 Å². The van der Waals surface area contributed by atoms with E-state index >= 15 is 0 Å². The van der Waals surface area contributed by atoms with Crippen LogP contribution in [-0.2, 0) is 51.6 Å². The van der Waals surface area contributed by atoms with Gasteiger partial charge in [-0.05, 0) is 141 Å². The molecule has 0 aromatic carbocycles. The highest BCUT2D eigenvalue weighted by Gasteiger charge is 2.32. The summed E-state index contributed by atoms with van der Waals surface area (Å²) < 4.78 is 16.0. The molecule has 0 aliphatic carbocycles. The highest BCUT2D eigenvalue weighted by molar-refractivity contribution is 5.78. The average Bonchev–Trinajstić information content (AvgIpc) is 0.801. The smallest absolute Gasteiger partial charge is 0.318 e. The molecule has 6 aromatic rings. The Kier molecular flexibility index (Phi) is 38.2. The van der Waals surface area contributed by atoms with Crippen LogP contribution in [0.1, 0.15) is 272 Å². The first-order valence-electron chi connectivity index (χ1n) is 46.9. The van der Waals surface area contributed by atoms with E-state index in [1.807, 2.05) is 73.1 Å². The zero-order valence-electron chi connectivity index (χ0n) is 82.2. The average molecular weight is 1740 g/mol. The number of rotatable bonds is 22. The fraction of sp³-hybridized carbons (Fsp3) is 0.694. The second-order valence-electron chi connectivity index (χ2n) is 42.1. The zero-order valence-corrected chi connectivity index (χ0v) is 82.2. The van der Waals surface area contributed by atoms with Gasteiger partial charge in [-0.1, -0.05) is 166 Å². The minimum atomic E-state index is -0.0250. The largest absolute Gasteiger partial charge is 0.475 e. The maximum absolute atomic E-state index is 12.1. The Morgan fingerprint density at radius 3 is 1.22 bits per heavy atom. The summed E-state index contributed by atoms with van der Waals surface area (Å²) in [6.07, 6.45) is 14.0. The van der Waals surface area contributed by atoms with Crippen molar-refractivity contribution in [2.75, 3.05) is 155 Å². The van der Waals surface area contributed by atoms with Gasteiger partial charge < -0.3 is 81.2 Å². The number of piperazine rings is 1. The summed E-state index contributed by atoms with van der Waals surface area (Å²) in [6.45, 7) is 71.6. The van der Waals surface area contributed by atoms with E-state index in [9.17, 15) is 14.4 Å². The van der Waals surface area contributed by atoms with E-state index < -0.39 is 0 Å². The van der Waals surface area contributed by atoms with Crippen molar-refractivity contribution in [3.63, 3.8) is 0 Å². The Bertz CT molecular complexity index is 4310. The molecule has 0 unspecified atom stereocenters. The van der Waals surface area contributed by atoms with Gasteiger partial charge in [-0.2, -0.15) is 19.9 Å². The van der Waals surface area contributed by atoms with Crippen LogP contribution in [0.25, 0.3) is 0 Å². The van der Waals surface area contributed by atoms with Gasteiger partial charge in [0.2, 0.25) is 35.5 Å². The molecule has 3 amide bonds. The number of amides is 3. The van der Waals surface area contributed by atoms with Crippen molar-refractivity contribution < 1.29 is 28.6 Å². The Labute approximate surface area is 757 Å². The van der Waals surface area contributed by atoms with Crippen LogP contribution in [0.3, 0.4) is 0 Å². The van der Waals surface area contributed by atoms with Crippen molar-refractivity contribution in [3.05, 3.63) is 107 Å². The number of methoxy groups -OCH3 is 1. The first-order chi connectivity index (χ1) is 59.2. The minimum Gasteiger partial charge on any atom is -0.475 e. The summed E-state index contributed by atoms with van der Waals surface area (Å²) in [7, 11) is 1.58. The van der Waals surface area contributed by atoms with Gasteiger partial charge in [0.1, 0.15) is 29.1 Å². The normalized spacial score (nSPS) is 17.3. The molecule has 700 valence electrons. The molecule has 13 rings (SSSR count). The van der Waals surface area contributed by atoms with E-state index in [4.69, 9.17) is 24.2 Å². The van der Waals surface area contributed by atoms with Crippen molar-refractivity contribution in [1.82, 2.24) is 75.1 Å². The number of anilines is 7. The standard InChI is InChI=1S/C19H31N3O.2C18H29N3O.C17H30N6.C14H24N4O.C12H19N3O2/c1-14(2)12-18(23)22-10-7-16(8-11-22)21-17-13-15(6-9-20-17)19(3,4)5;1-13(2)17(22)21-10-7-15(8-11-21)20-16-12-14(6-9-19-16)18(3,4)5;1-5-6-17(22)21-11-8-15(9-12-21)20-16-13-14(7-10-19-16)18(2,3)4;1-5-22-6-8-23(9-7-22)16-20-14(17(2,3)4)10-15(21-16)19-13-11-18-12-13;1-9(2)19-12-6-11(14(3,4)5)17-13(18-12)16-10-7-15-8-10;1-12(2,3)9-5-10(13-8-6-17-7-8)15-11(14-9)16-4/h6,9,13-14,16H,7-8,10-12H2,1-5H3,(H,20,21);6,9,12-13,15H,7-8,10-11H2,1-5H3,(H,19,20);7,10,13,15H,5-6,8-9,11-12H2,1-4H3,(H,19,20);10,13,18H,5-9,11-12H2,1-4H3,(H,19,20,21);6,9-10,15H,7-8H2,1-5H3,(H,16,17,18);5,8H,6-7H2,1-4H3,(H,13,14,15). The summed E-state index contributed by atoms with van der Waals surface area (Å²) in [5, 5.41) is 27.3. The Morgan fingerprint density at radius 2 is 0.849 bits per heavy atom. The predicted molar refractivity (Wildman–Crippen MR) is 515 cm³/mol. The highest BCUT2D eigenvalue weighted by Crippen LogP contribution is 2.33. The predicted octanol–water partition coefficient (Wildman–Crippen LogP) is 15.7. The molecule has 0 radical (unpaired) electrons. The van der Waals surface area contributed by atoms with Gasteiger partial charge in [0, 0.05) is 182 Å². The van der Waals surface area contributed by atoms with Gasteiger partial charge in [-0.3, -0.25) is 14.4 Å². The van der Waals surface area contributed by atoms with E-state index in [1.165, 1.54) is 16.7 Å². The number of nitrogens with one attached hydrogen (secondary N) is 8. The number of hydrogen-bond donors (Lipinski definition) is 8. The second kappa shape index (κ2) is 46.9. The van der Waals surface area contributed by atoms with Crippen LogP contribution in [0.15, 0.2) is 73.2 Å². The number of likely N-dealkylation sites (N-methyl/N-ethyl adjacent to an activating group) is 1. The lowest BCUT2D eigenvalue weighted by Crippen LogP contribution is -2.51. The Morgan fingerprint density at radius 1 is 0.444 bits per heavy atom. The number of ether oxygens (including phenoxy) is 3. The molecule has 28 heteroatoms. The monoisotopic (exact) mass is 1740 g/mol. The van der Waals surface area contributed by atoms with Crippen molar-refractivity contribution in [2.45, 2.75) is 313 Å². The number of likely N-dealkylation sites (tertiary alicyclic amines) is 3. The lowest BCUT2D eigenvalue weighted by Gasteiger charge is -2.35. The molecule has 0 bridgehead atoms. The van der Waals surface area contributed by atoms with Crippen LogP contribution in [0.2, 0.25) is 0 Å². The van der Waals surface area contributed by atoms with Crippen molar-refractivity contribution in [3.8, 4) is 11.9 Å². The van der Waals surface area contributed by atoms with Gasteiger partial charge in [0.15, 0.2) is 0 Å². The maximum atomic E-state index is 12.1. The van der Waals surface area contributed by atoms with Gasteiger partial charge in [0.05, 0.1) is 61.6 Å². The summed E-state index contributed by atoms with van der Waals surface area (Å²) in [6, 6.07) is 21.6. The minimum absolute atomic E-state index is 0.0215. The SMILES string of the molecule is CC(C)C(=O)N1CCC(Nc2cc(C(C)(C)C)ccn2)CC1.CC(C)CC(=O)N1CCC(Nc2cc(C(C)(C)C)ccn2)CC1.CC(C)Oc1cc(C(C)(C)C)nc(NC2CNC2)n1.CCCC(=O)N1CCC(Nc2cc(C(C)(C)C)ccn2)CC1.CCN1CCN(c2nc(NC3CNC3)cc(C(C)(C)C)n2)CC1.COc1nc(NC2COC2)cc(C(C)(C)C)n1. The van der Waals surface area contributed by atoms with E-state index in [1.54, 1.807) is 7.11 Å². The molecule has 28 nitrogen and oxygen atoms in total. The molecule has 7 fully saturated rings. The zero-order chi connectivity index (χ0) is 92.5. The van der Waals surface area contributed by atoms with Crippen LogP contribution in [-0.4, -0.2) is 243 Å². The first kappa shape index (κ1) is 103. The molecule has 7 aliphatic heterocycles. The van der Waals surface area contributed by atoms with E-state index in [0.29, 0.717) is 84.7 Å². The number of hydrogen-bond acceptors (Lipinski definition) is 25. The third kappa shape index (κ3) is 34.0.